The van der Waals surface area contributed by atoms with Crippen molar-refractivity contribution in [3.05, 3.63) is 121 Å². The third kappa shape index (κ3) is 2.46. The van der Waals surface area contributed by atoms with Crippen LogP contribution in [-0.4, -0.2) is 9.55 Å². The Balaban J connectivity index is 1.73. The Morgan fingerprint density at radius 1 is 0.486 bits per heavy atom. The molecule has 0 N–H and O–H groups in total. The standard InChI is InChI=1S/C33H20N2/c1-2-10-21(11-3-1)27-20-22-12-8-15-25-23-13-4-5-14-24(23)26-16-9-17-28-31(26)32(30(22)25)33(27)35(28)29-18-6-7-19-34-29/h1-20H. The zero-order valence-corrected chi connectivity index (χ0v) is 18.9. The van der Waals surface area contributed by atoms with E-state index in [2.05, 4.69) is 114 Å². The van der Waals surface area contributed by atoms with Gasteiger partial charge in [0.1, 0.15) is 5.82 Å². The van der Waals surface area contributed by atoms with Crippen LogP contribution in [0.1, 0.15) is 0 Å². The van der Waals surface area contributed by atoms with E-state index in [4.69, 9.17) is 4.98 Å². The van der Waals surface area contributed by atoms with Crippen LogP contribution < -0.4 is 0 Å². The van der Waals surface area contributed by atoms with Crippen LogP contribution in [0.2, 0.25) is 0 Å². The lowest BCUT2D eigenvalue weighted by atomic mass is 9.91. The Morgan fingerprint density at radius 2 is 1.17 bits per heavy atom. The van der Waals surface area contributed by atoms with Crippen molar-refractivity contribution < 1.29 is 0 Å². The molecule has 0 aliphatic heterocycles. The quantitative estimate of drug-likeness (QED) is 0.261. The molecule has 0 saturated carbocycles. The van der Waals surface area contributed by atoms with Crippen molar-refractivity contribution in [3.8, 4) is 39.2 Å². The first-order chi connectivity index (χ1) is 17.4. The largest absolute Gasteiger partial charge is 0.293 e. The molecule has 2 aromatic heterocycles. The fraction of sp³-hybridized carbons (Fsp3) is 0. The van der Waals surface area contributed by atoms with E-state index in [9.17, 15) is 0 Å². The normalized spacial score (nSPS) is 12.0. The molecule has 0 bridgehead atoms. The third-order valence-corrected chi connectivity index (χ3v) is 7.37. The van der Waals surface area contributed by atoms with Crippen LogP contribution >= 0.6 is 0 Å². The van der Waals surface area contributed by atoms with Crippen molar-refractivity contribution in [3.63, 3.8) is 0 Å². The van der Waals surface area contributed by atoms with Crippen LogP contribution in [0.3, 0.4) is 0 Å². The van der Waals surface area contributed by atoms with Gasteiger partial charge in [0.05, 0.1) is 11.0 Å². The molecule has 162 valence electrons. The van der Waals surface area contributed by atoms with Gasteiger partial charge in [-0.2, -0.15) is 0 Å². The summed E-state index contributed by atoms with van der Waals surface area (Å²) < 4.78 is 2.36. The number of benzene rings is 5. The second-order valence-corrected chi connectivity index (χ2v) is 9.19. The molecule has 8 rings (SSSR count). The summed E-state index contributed by atoms with van der Waals surface area (Å²) in [5.41, 5.74) is 9.98. The maximum atomic E-state index is 4.81. The van der Waals surface area contributed by atoms with E-state index in [1.54, 1.807) is 0 Å². The lowest BCUT2D eigenvalue weighted by Gasteiger charge is -2.15. The maximum absolute atomic E-state index is 4.81. The molecule has 7 aromatic rings. The summed E-state index contributed by atoms with van der Waals surface area (Å²) in [6.45, 7) is 0. The zero-order chi connectivity index (χ0) is 22.9. The summed E-state index contributed by atoms with van der Waals surface area (Å²) >= 11 is 0. The van der Waals surface area contributed by atoms with Crippen LogP contribution in [0.25, 0.3) is 71.8 Å². The van der Waals surface area contributed by atoms with E-state index in [1.165, 1.54) is 66.0 Å². The molecule has 5 aromatic carbocycles. The first-order valence-corrected chi connectivity index (χ1v) is 12.0. The van der Waals surface area contributed by atoms with Gasteiger partial charge in [-0.15, -0.1) is 0 Å². The maximum Gasteiger partial charge on any atom is 0.137 e. The summed E-state index contributed by atoms with van der Waals surface area (Å²) in [5.74, 6) is 0.938. The van der Waals surface area contributed by atoms with Crippen molar-refractivity contribution in [2.75, 3.05) is 0 Å². The highest BCUT2D eigenvalue weighted by Gasteiger charge is 2.26. The van der Waals surface area contributed by atoms with Crippen molar-refractivity contribution in [2.45, 2.75) is 0 Å². The molecular formula is C33H20N2. The van der Waals surface area contributed by atoms with Gasteiger partial charge in [-0.05, 0) is 62.9 Å². The van der Waals surface area contributed by atoms with Crippen molar-refractivity contribution in [2.24, 2.45) is 0 Å². The lowest BCUT2D eigenvalue weighted by molar-refractivity contribution is 1.08. The van der Waals surface area contributed by atoms with Gasteiger partial charge >= 0.3 is 0 Å². The number of hydrogen-bond acceptors (Lipinski definition) is 1. The molecule has 2 nitrogen and oxygen atoms in total. The summed E-state index contributed by atoms with van der Waals surface area (Å²) in [4.78, 5) is 4.81. The van der Waals surface area contributed by atoms with Gasteiger partial charge in [-0.1, -0.05) is 91.0 Å². The number of fused-ring (bicyclic) bond motifs is 3. The van der Waals surface area contributed by atoms with E-state index in [1.807, 2.05) is 12.3 Å². The van der Waals surface area contributed by atoms with Crippen LogP contribution in [0.15, 0.2) is 121 Å². The topological polar surface area (TPSA) is 17.8 Å². The zero-order valence-electron chi connectivity index (χ0n) is 18.9. The SMILES string of the molecule is c1ccc(-c2cc3cccc4c3c3c5c(cccc5n(-c5ccccn5)c23)-c2ccccc2-4)cc1. The van der Waals surface area contributed by atoms with Crippen LogP contribution in [0.5, 0.6) is 0 Å². The van der Waals surface area contributed by atoms with Gasteiger partial charge in [-0.25, -0.2) is 4.98 Å². The Morgan fingerprint density at radius 3 is 1.94 bits per heavy atom. The average molecular weight is 445 g/mol. The Bertz CT molecular complexity index is 1930. The van der Waals surface area contributed by atoms with Crippen LogP contribution in [0.4, 0.5) is 0 Å². The second kappa shape index (κ2) is 6.91. The lowest BCUT2D eigenvalue weighted by Crippen LogP contribution is -1.98. The van der Waals surface area contributed by atoms with Gasteiger partial charge in [0, 0.05) is 22.5 Å². The molecule has 2 heteroatoms. The number of pyridine rings is 1. The van der Waals surface area contributed by atoms with E-state index in [0.29, 0.717) is 0 Å². The number of nitrogens with zero attached hydrogens (tertiary/aromatic N) is 2. The summed E-state index contributed by atoms with van der Waals surface area (Å²) in [6, 6.07) is 41.5. The fourth-order valence-corrected chi connectivity index (χ4v) is 6.00. The van der Waals surface area contributed by atoms with Gasteiger partial charge in [0.15, 0.2) is 0 Å². The molecule has 35 heavy (non-hydrogen) atoms. The molecule has 0 unspecified atom stereocenters. The molecule has 0 radical (unpaired) electrons. The highest BCUT2D eigenvalue weighted by Crippen LogP contribution is 2.51. The molecule has 1 aliphatic carbocycles. The monoisotopic (exact) mass is 444 g/mol. The Hall–Kier alpha value is -4.69. The summed E-state index contributed by atoms with van der Waals surface area (Å²) in [7, 11) is 0. The molecular weight excluding hydrogens is 424 g/mol. The molecule has 0 fully saturated rings. The van der Waals surface area contributed by atoms with Crippen LogP contribution in [0, 0.1) is 0 Å². The first-order valence-electron chi connectivity index (χ1n) is 12.0. The number of hydrogen-bond donors (Lipinski definition) is 0. The fourth-order valence-electron chi connectivity index (χ4n) is 6.00. The van der Waals surface area contributed by atoms with E-state index in [0.717, 1.165) is 5.82 Å². The van der Waals surface area contributed by atoms with Gasteiger partial charge in [0.2, 0.25) is 0 Å². The molecule has 0 atom stereocenters. The first kappa shape index (κ1) is 18.7. The number of aromatic nitrogens is 2. The molecule has 0 spiro atoms. The minimum absolute atomic E-state index is 0.938. The summed E-state index contributed by atoms with van der Waals surface area (Å²) in [5, 5.41) is 5.19. The predicted molar refractivity (Wildman–Crippen MR) is 146 cm³/mol. The van der Waals surface area contributed by atoms with E-state index >= 15 is 0 Å². The van der Waals surface area contributed by atoms with Gasteiger partial charge in [-0.3, -0.25) is 4.57 Å². The highest BCUT2D eigenvalue weighted by atomic mass is 15.1. The van der Waals surface area contributed by atoms with Crippen LogP contribution in [-0.2, 0) is 0 Å². The average Bonchev–Trinajstić information content (AvgIpc) is 3.22. The summed E-state index contributed by atoms with van der Waals surface area (Å²) in [6.07, 6.45) is 1.88. The van der Waals surface area contributed by atoms with E-state index < -0.39 is 0 Å². The van der Waals surface area contributed by atoms with Crippen molar-refractivity contribution in [1.29, 1.82) is 0 Å². The molecule has 1 aliphatic rings. The van der Waals surface area contributed by atoms with Gasteiger partial charge in [0.25, 0.3) is 0 Å². The smallest absolute Gasteiger partial charge is 0.137 e. The van der Waals surface area contributed by atoms with E-state index in [-0.39, 0.29) is 0 Å². The highest BCUT2D eigenvalue weighted by molar-refractivity contribution is 6.32. The molecule has 0 saturated heterocycles. The Kier molecular flexibility index (Phi) is 3.69. The second-order valence-electron chi connectivity index (χ2n) is 9.19. The van der Waals surface area contributed by atoms with Gasteiger partial charge < -0.3 is 0 Å². The minimum atomic E-state index is 0.938. The molecule has 2 heterocycles. The Labute approximate surface area is 202 Å². The predicted octanol–water partition coefficient (Wildman–Crippen LogP) is 8.65. The third-order valence-electron chi connectivity index (χ3n) is 7.37. The van der Waals surface area contributed by atoms with Crippen molar-refractivity contribution in [1.82, 2.24) is 9.55 Å². The minimum Gasteiger partial charge on any atom is -0.293 e. The van der Waals surface area contributed by atoms with Crippen molar-refractivity contribution >= 4 is 32.6 Å². The molecule has 0 amide bonds. The number of rotatable bonds is 2.